The summed E-state index contributed by atoms with van der Waals surface area (Å²) in [5.41, 5.74) is 1.29. The molecule has 82 valence electrons. The third-order valence-electron chi connectivity index (χ3n) is 2.26. The molecule has 1 aromatic heterocycles. The molecule has 1 heterocycles. The van der Waals surface area contributed by atoms with Gasteiger partial charge in [-0.2, -0.15) is 0 Å². The first-order valence-corrected chi connectivity index (χ1v) is 4.74. The van der Waals surface area contributed by atoms with Gasteiger partial charge >= 0.3 is 5.97 Å². The standard InChI is InChI=1S/C12H10FNO2/c1-16-12(15)11-7-6-10(14-11)8-4-2-3-5-9(8)13/h2-7,14H,1H3. The molecule has 3 nitrogen and oxygen atoms in total. The van der Waals surface area contributed by atoms with Crippen LogP contribution in [-0.4, -0.2) is 18.1 Å². The van der Waals surface area contributed by atoms with E-state index in [0.717, 1.165) is 0 Å². The fourth-order valence-electron chi connectivity index (χ4n) is 1.46. The van der Waals surface area contributed by atoms with Crippen molar-refractivity contribution in [1.29, 1.82) is 0 Å². The van der Waals surface area contributed by atoms with E-state index in [2.05, 4.69) is 9.72 Å². The zero-order valence-electron chi connectivity index (χ0n) is 8.66. The lowest BCUT2D eigenvalue weighted by Crippen LogP contribution is -2.01. The van der Waals surface area contributed by atoms with Crippen molar-refractivity contribution < 1.29 is 13.9 Å². The fourth-order valence-corrected chi connectivity index (χ4v) is 1.46. The van der Waals surface area contributed by atoms with E-state index >= 15 is 0 Å². The third-order valence-corrected chi connectivity index (χ3v) is 2.26. The molecular formula is C12H10FNO2. The summed E-state index contributed by atoms with van der Waals surface area (Å²) in [7, 11) is 1.30. The second-order valence-corrected chi connectivity index (χ2v) is 3.26. The monoisotopic (exact) mass is 219 g/mol. The van der Waals surface area contributed by atoms with Crippen LogP contribution in [0.15, 0.2) is 36.4 Å². The highest BCUT2D eigenvalue weighted by atomic mass is 19.1. The van der Waals surface area contributed by atoms with Crippen molar-refractivity contribution in [2.75, 3.05) is 7.11 Å². The van der Waals surface area contributed by atoms with E-state index in [1.807, 2.05) is 0 Å². The smallest absolute Gasteiger partial charge is 0.354 e. The highest BCUT2D eigenvalue weighted by Gasteiger charge is 2.10. The first kappa shape index (κ1) is 10.4. The molecule has 4 heteroatoms. The van der Waals surface area contributed by atoms with Gasteiger partial charge in [0.15, 0.2) is 0 Å². The average molecular weight is 219 g/mol. The predicted octanol–water partition coefficient (Wildman–Crippen LogP) is 2.61. The number of benzene rings is 1. The Labute approximate surface area is 91.9 Å². The summed E-state index contributed by atoms with van der Waals surface area (Å²) < 4.78 is 18.0. The molecule has 0 aliphatic rings. The molecular weight excluding hydrogens is 209 g/mol. The lowest BCUT2D eigenvalue weighted by Gasteiger charge is -1.99. The minimum atomic E-state index is -0.470. The molecule has 0 fully saturated rings. The quantitative estimate of drug-likeness (QED) is 0.789. The predicted molar refractivity (Wildman–Crippen MR) is 57.5 cm³/mol. The second-order valence-electron chi connectivity index (χ2n) is 3.26. The fraction of sp³-hybridized carbons (Fsp3) is 0.0833. The minimum absolute atomic E-state index is 0.306. The molecule has 0 spiro atoms. The Balaban J connectivity index is 2.39. The van der Waals surface area contributed by atoms with Crippen molar-refractivity contribution in [3.05, 3.63) is 47.9 Å². The largest absolute Gasteiger partial charge is 0.464 e. The summed E-state index contributed by atoms with van der Waals surface area (Å²) >= 11 is 0. The number of methoxy groups -OCH3 is 1. The Morgan fingerprint density at radius 1 is 1.25 bits per heavy atom. The number of H-pyrrole nitrogens is 1. The van der Waals surface area contributed by atoms with E-state index in [9.17, 15) is 9.18 Å². The summed E-state index contributed by atoms with van der Waals surface area (Å²) in [5.74, 6) is -0.802. The normalized spacial score (nSPS) is 10.1. The van der Waals surface area contributed by atoms with Gasteiger partial charge in [0.1, 0.15) is 11.5 Å². The van der Waals surface area contributed by atoms with Crippen molar-refractivity contribution in [2.24, 2.45) is 0 Å². The molecule has 0 aliphatic heterocycles. The zero-order valence-corrected chi connectivity index (χ0v) is 8.66. The highest BCUT2D eigenvalue weighted by Crippen LogP contribution is 2.21. The molecule has 1 aromatic carbocycles. The maximum absolute atomic E-state index is 13.4. The molecule has 1 N–H and O–H groups in total. The number of nitrogens with one attached hydrogen (secondary N) is 1. The molecule has 0 amide bonds. The van der Waals surface area contributed by atoms with Crippen LogP contribution in [0.1, 0.15) is 10.5 Å². The number of esters is 1. The third kappa shape index (κ3) is 1.82. The molecule has 0 bridgehead atoms. The highest BCUT2D eigenvalue weighted by molar-refractivity contribution is 5.88. The SMILES string of the molecule is COC(=O)c1ccc(-c2ccccc2F)[nH]1. The molecule has 0 unspecified atom stereocenters. The van der Waals surface area contributed by atoms with Gasteiger partial charge in [-0.15, -0.1) is 0 Å². The van der Waals surface area contributed by atoms with Crippen LogP contribution in [0.2, 0.25) is 0 Å². The number of aromatic amines is 1. The Kier molecular flexibility index (Phi) is 2.72. The van der Waals surface area contributed by atoms with Crippen LogP contribution in [0.5, 0.6) is 0 Å². The molecule has 2 rings (SSSR count). The van der Waals surface area contributed by atoms with Gasteiger partial charge in [0.05, 0.1) is 7.11 Å². The van der Waals surface area contributed by atoms with Crippen LogP contribution in [0, 0.1) is 5.82 Å². The van der Waals surface area contributed by atoms with E-state index in [4.69, 9.17) is 0 Å². The number of hydrogen-bond acceptors (Lipinski definition) is 2. The molecule has 0 saturated heterocycles. The summed E-state index contributed by atoms with van der Waals surface area (Å²) in [6.45, 7) is 0. The van der Waals surface area contributed by atoms with Crippen molar-refractivity contribution in [3.63, 3.8) is 0 Å². The van der Waals surface area contributed by atoms with Crippen LogP contribution >= 0.6 is 0 Å². The van der Waals surface area contributed by atoms with Crippen molar-refractivity contribution in [2.45, 2.75) is 0 Å². The zero-order chi connectivity index (χ0) is 11.5. The van der Waals surface area contributed by atoms with Gasteiger partial charge in [0.2, 0.25) is 0 Å². The van der Waals surface area contributed by atoms with Crippen molar-refractivity contribution in [1.82, 2.24) is 4.98 Å². The van der Waals surface area contributed by atoms with E-state index < -0.39 is 5.97 Å². The number of halogens is 1. The molecule has 0 saturated carbocycles. The lowest BCUT2D eigenvalue weighted by molar-refractivity contribution is 0.0595. The second kappa shape index (κ2) is 4.18. The van der Waals surface area contributed by atoms with Crippen molar-refractivity contribution in [3.8, 4) is 11.3 Å². The summed E-state index contributed by atoms with van der Waals surface area (Å²) in [5, 5.41) is 0. The van der Waals surface area contributed by atoms with E-state index in [1.54, 1.807) is 30.3 Å². The topological polar surface area (TPSA) is 42.1 Å². The number of rotatable bonds is 2. The maximum atomic E-state index is 13.4. The number of ether oxygens (including phenoxy) is 1. The van der Waals surface area contributed by atoms with Gasteiger partial charge in [-0.1, -0.05) is 12.1 Å². The van der Waals surface area contributed by atoms with Crippen LogP contribution in [-0.2, 0) is 4.74 Å². The first-order valence-electron chi connectivity index (χ1n) is 4.74. The van der Waals surface area contributed by atoms with E-state index in [-0.39, 0.29) is 5.82 Å². The van der Waals surface area contributed by atoms with Gasteiger partial charge in [0.25, 0.3) is 0 Å². The van der Waals surface area contributed by atoms with Crippen LogP contribution in [0.3, 0.4) is 0 Å². The number of carbonyl (C=O) groups is 1. The Bertz CT molecular complexity index is 519. The summed E-state index contributed by atoms with van der Waals surface area (Å²) in [6.07, 6.45) is 0. The number of aromatic nitrogens is 1. The number of carbonyl (C=O) groups excluding carboxylic acids is 1. The van der Waals surface area contributed by atoms with Gasteiger partial charge < -0.3 is 9.72 Å². The van der Waals surface area contributed by atoms with Crippen LogP contribution in [0.4, 0.5) is 4.39 Å². The molecule has 16 heavy (non-hydrogen) atoms. The summed E-state index contributed by atoms with van der Waals surface area (Å²) in [4.78, 5) is 14.0. The van der Waals surface area contributed by atoms with Gasteiger partial charge in [0, 0.05) is 11.3 Å². The summed E-state index contributed by atoms with van der Waals surface area (Å²) in [6, 6.07) is 9.56. The molecule has 0 atom stereocenters. The Morgan fingerprint density at radius 3 is 2.69 bits per heavy atom. The number of hydrogen-bond donors (Lipinski definition) is 1. The minimum Gasteiger partial charge on any atom is -0.464 e. The molecule has 0 radical (unpaired) electrons. The van der Waals surface area contributed by atoms with Gasteiger partial charge in [-0.25, -0.2) is 9.18 Å². The van der Waals surface area contributed by atoms with Crippen LogP contribution < -0.4 is 0 Å². The maximum Gasteiger partial charge on any atom is 0.354 e. The average Bonchev–Trinajstić information content (AvgIpc) is 2.78. The molecule has 2 aromatic rings. The first-order chi connectivity index (χ1) is 7.72. The van der Waals surface area contributed by atoms with Crippen molar-refractivity contribution >= 4 is 5.97 Å². The van der Waals surface area contributed by atoms with Gasteiger partial charge in [-0.3, -0.25) is 0 Å². The lowest BCUT2D eigenvalue weighted by atomic mass is 10.1. The Morgan fingerprint density at radius 2 is 2.00 bits per heavy atom. The van der Waals surface area contributed by atoms with E-state index in [0.29, 0.717) is 17.0 Å². The Hall–Kier alpha value is -2.10. The van der Waals surface area contributed by atoms with Crippen LogP contribution in [0.25, 0.3) is 11.3 Å². The van der Waals surface area contributed by atoms with Gasteiger partial charge in [-0.05, 0) is 24.3 Å². The van der Waals surface area contributed by atoms with E-state index in [1.165, 1.54) is 13.2 Å². The molecule has 0 aliphatic carbocycles.